The molecule has 9 rings (SSSR count). The first-order chi connectivity index (χ1) is 45.1. The smallest absolute Gasteiger partial charge is 0.408 e. The quantitative estimate of drug-likeness (QED) is 0.0228. The molecule has 25 nitrogen and oxygen atoms in total. The van der Waals surface area contributed by atoms with Gasteiger partial charge in [0, 0.05) is 94.4 Å². The van der Waals surface area contributed by atoms with Crippen molar-refractivity contribution in [2.45, 2.75) is 147 Å². The largest absolute Gasteiger partial charge is 0.449 e. The number of anilines is 1. The molecule has 0 radical (unpaired) electrons. The molecule has 3 aromatic carbocycles. The van der Waals surface area contributed by atoms with Crippen LogP contribution in [0.3, 0.4) is 0 Å². The van der Waals surface area contributed by atoms with Gasteiger partial charge in [-0.15, -0.1) is 0 Å². The lowest BCUT2D eigenvalue weighted by Crippen LogP contribution is -2.62. The van der Waals surface area contributed by atoms with E-state index >= 15 is 13.6 Å². The summed E-state index contributed by atoms with van der Waals surface area (Å²) in [6.07, 6.45) is 3.41. The minimum atomic E-state index is -1.54. The van der Waals surface area contributed by atoms with Gasteiger partial charge in [0.1, 0.15) is 54.4 Å². The standard InChI is InChI=1S/C66H81F3N12O13/c1-38(2)55(77-52(82)16-8-5-9-28-80-53(83)23-24-54(80)84)61(86)76-49(14-10-27-71-65(70)90)60(85)74-44-20-17-41(18-21-44)37-93-66(91)73-39(3)62(87)79-29-11-15-51(79)64(89)94-58-56-46(48(69)33-72-56)35-81(63(58)88)57(42-25-30-92-31-26-42)59-75-50(45-32-43(67)19-22-47(45)68)36-78(59)34-40-12-6-4-7-13-40/h4,6-7,12-13,17-24,32,36,38-39,42,46,48-49,51,55-58,72H,5,8-11,14-16,25-31,33-35,37H2,1-3H3,(H,73,91)(H,74,85)(H,76,86)(H,77,82)(H3,70,71,90)/t39-,46+,48+,49+,51+,55+,56?,57-,58+/m1/s1. The van der Waals surface area contributed by atoms with Crippen LogP contribution in [-0.2, 0) is 65.7 Å². The van der Waals surface area contributed by atoms with Crippen molar-refractivity contribution >= 4 is 65.1 Å². The van der Waals surface area contributed by atoms with Crippen LogP contribution in [0.4, 0.5) is 28.4 Å². The molecule has 0 saturated carbocycles. The number of primary amides is 1. The zero-order valence-electron chi connectivity index (χ0n) is 52.7. The normalized spacial score (nSPS) is 20.9. The van der Waals surface area contributed by atoms with E-state index in [-0.39, 0.29) is 106 Å². The highest BCUT2D eigenvalue weighted by Crippen LogP contribution is 2.42. The predicted molar refractivity (Wildman–Crippen MR) is 334 cm³/mol. The Morgan fingerprint density at radius 2 is 1.57 bits per heavy atom. The van der Waals surface area contributed by atoms with Gasteiger partial charge >= 0.3 is 18.1 Å². The van der Waals surface area contributed by atoms with Crippen molar-refractivity contribution in [3.63, 3.8) is 0 Å². The Morgan fingerprint density at radius 1 is 0.840 bits per heavy atom. The first-order valence-electron chi connectivity index (χ1n) is 32.0. The van der Waals surface area contributed by atoms with E-state index in [1.165, 1.54) is 41.0 Å². The molecule has 0 aliphatic carbocycles. The van der Waals surface area contributed by atoms with Crippen LogP contribution in [0.5, 0.6) is 0 Å². The number of imidazole rings is 1. The Bertz CT molecular complexity index is 3420. The van der Waals surface area contributed by atoms with Crippen molar-refractivity contribution in [3.05, 3.63) is 120 Å². The number of alkyl carbamates (subject to hydrolysis) is 1. The van der Waals surface area contributed by atoms with Crippen LogP contribution < -0.4 is 37.6 Å². The number of nitrogens with one attached hydrogen (secondary N) is 6. The molecule has 0 bridgehead atoms. The number of ether oxygens (including phenoxy) is 3. The Morgan fingerprint density at radius 3 is 2.29 bits per heavy atom. The van der Waals surface area contributed by atoms with E-state index in [4.69, 9.17) is 24.9 Å². The number of aromatic nitrogens is 2. The molecule has 28 heteroatoms. The zero-order valence-corrected chi connectivity index (χ0v) is 52.7. The molecular formula is C66H81F3N12O13. The molecule has 5 aliphatic rings. The second kappa shape index (κ2) is 32.1. The van der Waals surface area contributed by atoms with Crippen molar-refractivity contribution in [1.29, 1.82) is 0 Å². The topological polar surface area (TPSA) is 324 Å². The Balaban J connectivity index is 0.797. The van der Waals surface area contributed by atoms with Gasteiger partial charge in [-0.2, -0.15) is 0 Å². The number of hydrogen-bond donors (Lipinski definition) is 7. The summed E-state index contributed by atoms with van der Waals surface area (Å²) in [5.74, 6) is -7.12. The summed E-state index contributed by atoms with van der Waals surface area (Å²) in [4.78, 5) is 141. The van der Waals surface area contributed by atoms with E-state index in [1.54, 1.807) is 36.7 Å². The monoisotopic (exact) mass is 1310 g/mol. The number of nitrogens with two attached hydrogens (primary N) is 1. The summed E-state index contributed by atoms with van der Waals surface area (Å²) in [5.41, 5.74) is 6.90. The number of fused-ring (bicyclic) bond motifs is 1. The van der Waals surface area contributed by atoms with Gasteiger partial charge in [-0.25, -0.2) is 32.5 Å². The van der Waals surface area contributed by atoms with E-state index in [2.05, 4.69) is 31.9 Å². The van der Waals surface area contributed by atoms with Crippen LogP contribution in [0.25, 0.3) is 11.3 Å². The third-order valence-corrected chi connectivity index (χ3v) is 17.7. The van der Waals surface area contributed by atoms with Gasteiger partial charge in [0.25, 0.3) is 17.7 Å². The number of alkyl halides is 1. The summed E-state index contributed by atoms with van der Waals surface area (Å²) in [7, 11) is 0. The maximum absolute atomic E-state index is 16.2. The molecule has 4 aromatic rings. The number of likely N-dealkylation sites (tertiary alicyclic amines) is 2. The van der Waals surface area contributed by atoms with Crippen LogP contribution in [0.15, 0.2) is 91.1 Å². The zero-order chi connectivity index (χ0) is 67.2. The number of halogens is 3. The van der Waals surface area contributed by atoms with Gasteiger partial charge in [0.15, 0.2) is 6.10 Å². The highest BCUT2D eigenvalue weighted by molar-refractivity contribution is 6.12. The second-order valence-corrected chi connectivity index (χ2v) is 24.7. The first kappa shape index (κ1) is 69.2. The SMILES string of the molecule is CC(C)[C@H](NC(=O)CCCCCN1C(=O)C=CC1=O)C(=O)N[C@@H](CCCNC(N)=O)C(=O)Nc1ccc(COC(=O)N[C@H](C)C(=O)N2CCC[C@H]2C(=O)O[C@@H]2C(=O)N([C@@H](c3nc(-c4cc(F)ccc4F)cn3Cc3ccccc3)C3CCOCC3)C[C@@H]3C2NC[C@@H]3F)cc1. The van der Waals surface area contributed by atoms with E-state index < -0.39 is 114 Å². The van der Waals surface area contributed by atoms with E-state index in [9.17, 15) is 47.5 Å². The van der Waals surface area contributed by atoms with Gasteiger partial charge in [-0.1, -0.05) is 62.7 Å². The Labute approximate surface area is 541 Å². The number of amides is 10. The van der Waals surface area contributed by atoms with Gasteiger partial charge in [0.05, 0.1) is 17.8 Å². The number of piperidine rings is 1. The summed E-state index contributed by atoms with van der Waals surface area (Å²) in [5, 5.41) is 16.3. The molecule has 10 amide bonds. The van der Waals surface area contributed by atoms with Crippen molar-refractivity contribution in [2.24, 2.45) is 23.5 Å². The molecule has 1 unspecified atom stereocenters. The number of hydrogen-bond acceptors (Lipinski definition) is 15. The third kappa shape index (κ3) is 17.5. The molecule has 5 aliphatic heterocycles. The minimum absolute atomic E-state index is 0.0674. The molecule has 9 atom stereocenters. The van der Waals surface area contributed by atoms with Crippen molar-refractivity contribution < 1.29 is 75.3 Å². The van der Waals surface area contributed by atoms with Crippen molar-refractivity contribution in [3.8, 4) is 11.3 Å². The third-order valence-electron chi connectivity index (χ3n) is 17.7. The number of nitrogens with zero attached hydrogens (tertiary/aromatic N) is 5. The number of imide groups is 1. The van der Waals surface area contributed by atoms with E-state index in [1.807, 2.05) is 30.3 Å². The molecule has 1 aromatic heterocycles. The van der Waals surface area contributed by atoms with Gasteiger partial charge < -0.3 is 66.2 Å². The summed E-state index contributed by atoms with van der Waals surface area (Å²) in [6.45, 7) is 5.78. The number of urea groups is 1. The Kier molecular flexibility index (Phi) is 23.6. The van der Waals surface area contributed by atoms with Gasteiger partial charge in [-0.05, 0) is 112 Å². The molecule has 4 saturated heterocycles. The van der Waals surface area contributed by atoms with Crippen LogP contribution in [0, 0.1) is 29.4 Å². The van der Waals surface area contributed by atoms with Crippen LogP contribution in [-0.4, -0.2) is 172 Å². The van der Waals surface area contributed by atoms with Crippen LogP contribution in [0.1, 0.15) is 108 Å². The van der Waals surface area contributed by atoms with Gasteiger partial charge in [-0.3, -0.25) is 38.5 Å². The molecule has 6 heterocycles. The average molecular weight is 1310 g/mol. The van der Waals surface area contributed by atoms with Crippen molar-refractivity contribution in [2.75, 3.05) is 51.3 Å². The van der Waals surface area contributed by atoms with Gasteiger partial charge in [0.2, 0.25) is 23.6 Å². The number of unbranched alkanes of at least 4 members (excludes halogenated alkanes) is 2. The highest BCUT2D eigenvalue weighted by Gasteiger charge is 2.55. The summed E-state index contributed by atoms with van der Waals surface area (Å²) < 4.78 is 65.5. The molecular weight excluding hydrogens is 1230 g/mol. The van der Waals surface area contributed by atoms with Crippen molar-refractivity contribution in [1.82, 2.24) is 50.8 Å². The number of esters is 1. The Hall–Kier alpha value is -9.18. The fraction of sp³-hybridized carbons (Fsp3) is 0.500. The maximum Gasteiger partial charge on any atom is 0.408 e. The average Bonchev–Trinajstić information content (AvgIpc) is 1.49. The first-order valence-corrected chi connectivity index (χ1v) is 32.0. The number of rotatable bonds is 28. The highest BCUT2D eigenvalue weighted by atomic mass is 19.1. The lowest BCUT2D eigenvalue weighted by atomic mass is 9.84. The summed E-state index contributed by atoms with van der Waals surface area (Å²) >= 11 is 0. The lowest BCUT2D eigenvalue weighted by molar-refractivity contribution is -0.175. The molecule has 504 valence electrons. The summed E-state index contributed by atoms with van der Waals surface area (Å²) in [6, 6.07) is 11.6. The van der Waals surface area contributed by atoms with Crippen LogP contribution in [0.2, 0.25) is 0 Å². The predicted octanol–water partition coefficient (Wildman–Crippen LogP) is 4.83. The van der Waals surface area contributed by atoms with E-state index in [0.29, 0.717) is 68.8 Å². The van der Waals surface area contributed by atoms with E-state index in [0.717, 1.165) is 28.7 Å². The lowest BCUT2D eigenvalue weighted by Gasteiger charge is -2.46. The minimum Gasteiger partial charge on any atom is -0.449 e. The molecule has 94 heavy (non-hydrogen) atoms. The van der Waals surface area contributed by atoms with Crippen LogP contribution >= 0.6 is 0 Å². The number of carbonyl (C=O) groups excluding carboxylic acids is 10. The molecule has 4 fully saturated rings. The fourth-order valence-corrected chi connectivity index (χ4v) is 12.7. The number of carbonyl (C=O) groups is 10. The second-order valence-electron chi connectivity index (χ2n) is 24.7. The molecule has 8 N–H and O–H groups in total. The number of benzene rings is 3. The maximum atomic E-state index is 16.2. The fourth-order valence-electron chi connectivity index (χ4n) is 12.7. The molecule has 0 spiro atoms.